The van der Waals surface area contributed by atoms with E-state index < -0.39 is 0 Å². The molecule has 0 bridgehead atoms. The Labute approximate surface area is 115 Å². The van der Waals surface area contributed by atoms with Crippen LogP contribution in [0.4, 0.5) is 0 Å². The predicted molar refractivity (Wildman–Crippen MR) is 78.2 cm³/mol. The van der Waals surface area contributed by atoms with Gasteiger partial charge in [-0.2, -0.15) is 0 Å². The smallest absolute Gasteiger partial charge is 0.254 e. The summed E-state index contributed by atoms with van der Waals surface area (Å²) in [6, 6.07) is 6.42. The SMILES string of the molecule is Cc1cccc(C(=O)N2C(C)CCCC2CN)c1C. The van der Waals surface area contributed by atoms with Gasteiger partial charge in [0.25, 0.3) is 5.91 Å². The molecule has 1 aromatic carbocycles. The Morgan fingerprint density at radius 3 is 2.79 bits per heavy atom. The first-order valence-electron chi connectivity index (χ1n) is 7.15. The van der Waals surface area contributed by atoms with Crippen LogP contribution in [0.25, 0.3) is 0 Å². The molecular weight excluding hydrogens is 236 g/mol. The van der Waals surface area contributed by atoms with Crippen molar-refractivity contribution >= 4 is 5.91 Å². The van der Waals surface area contributed by atoms with Gasteiger partial charge in [-0.3, -0.25) is 4.79 Å². The molecule has 1 saturated heterocycles. The van der Waals surface area contributed by atoms with Gasteiger partial charge in [0.15, 0.2) is 0 Å². The fourth-order valence-corrected chi connectivity index (χ4v) is 3.01. The van der Waals surface area contributed by atoms with E-state index in [0.29, 0.717) is 6.54 Å². The zero-order valence-electron chi connectivity index (χ0n) is 12.1. The normalized spacial score (nSPS) is 23.5. The van der Waals surface area contributed by atoms with Gasteiger partial charge >= 0.3 is 0 Å². The number of amides is 1. The summed E-state index contributed by atoms with van der Waals surface area (Å²) in [4.78, 5) is 14.8. The van der Waals surface area contributed by atoms with Crippen molar-refractivity contribution in [3.8, 4) is 0 Å². The molecule has 1 aliphatic rings. The summed E-state index contributed by atoms with van der Waals surface area (Å²) in [5.74, 6) is 0.142. The van der Waals surface area contributed by atoms with Gasteiger partial charge in [-0.25, -0.2) is 0 Å². The highest BCUT2D eigenvalue weighted by molar-refractivity contribution is 5.96. The fourth-order valence-electron chi connectivity index (χ4n) is 3.01. The van der Waals surface area contributed by atoms with Crippen molar-refractivity contribution in [2.75, 3.05) is 6.54 Å². The standard InChI is InChI=1S/C16H24N2O/c1-11-6-4-9-15(13(11)3)16(19)18-12(2)7-5-8-14(18)10-17/h4,6,9,12,14H,5,7-8,10,17H2,1-3H3. The van der Waals surface area contributed by atoms with Crippen molar-refractivity contribution in [3.05, 3.63) is 34.9 Å². The molecule has 2 N–H and O–H groups in total. The summed E-state index contributed by atoms with van der Waals surface area (Å²) in [6.45, 7) is 6.76. The molecule has 1 amide bonds. The van der Waals surface area contributed by atoms with Crippen LogP contribution in [-0.4, -0.2) is 29.4 Å². The Hall–Kier alpha value is -1.35. The molecule has 2 rings (SSSR count). The Kier molecular flexibility index (Phi) is 4.25. The number of rotatable bonds is 2. The number of carbonyl (C=O) groups is 1. The minimum absolute atomic E-state index is 0.142. The van der Waals surface area contributed by atoms with Crippen LogP contribution in [0.15, 0.2) is 18.2 Å². The van der Waals surface area contributed by atoms with Gasteiger partial charge in [-0.05, 0) is 57.2 Å². The number of aryl methyl sites for hydroxylation is 1. The van der Waals surface area contributed by atoms with Crippen LogP contribution >= 0.6 is 0 Å². The number of carbonyl (C=O) groups excluding carboxylic acids is 1. The topological polar surface area (TPSA) is 46.3 Å². The van der Waals surface area contributed by atoms with Crippen LogP contribution in [0.3, 0.4) is 0 Å². The summed E-state index contributed by atoms with van der Waals surface area (Å²) in [5, 5.41) is 0. The molecule has 104 valence electrons. The van der Waals surface area contributed by atoms with E-state index in [0.717, 1.165) is 24.0 Å². The zero-order chi connectivity index (χ0) is 14.0. The second-order valence-electron chi connectivity index (χ2n) is 5.63. The van der Waals surface area contributed by atoms with Gasteiger partial charge < -0.3 is 10.6 Å². The first kappa shape index (κ1) is 14.1. The Bertz CT molecular complexity index is 470. The van der Waals surface area contributed by atoms with Gasteiger partial charge in [-0.1, -0.05) is 12.1 Å². The molecule has 1 fully saturated rings. The van der Waals surface area contributed by atoms with Crippen LogP contribution in [0, 0.1) is 13.8 Å². The molecule has 3 nitrogen and oxygen atoms in total. The highest BCUT2D eigenvalue weighted by Gasteiger charge is 2.32. The maximum atomic E-state index is 12.8. The lowest BCUT2D eigenvalue weighted by Crippen LogP contribution is -2.52. The maximum absolute atomic E-state index is 12.8. The van der Waals surface area contributed by atoms with Gasteiger partial charge in [0.05, 0.1) is 0 Å². The van der Waals surface area contributed by atoms with E-state index in [9.17, 15) is 4.79 Å². The molecule has 0 aliphatic carbocycles. The van der Waals surface area contributed by atoms with Crippen molar-refractivity contribution in [1.82, 2.24) is 4.90 Å². The van der Waals surface area contributed by atoms with Gasteiger partial charge in [0.2, 0.25) is 0 Å². The summed E-state index contributed by atoms with van der Waals surface area (Å²) in [7, 11) is 0. The molecule has 0 saturated carbocycles. The number of nitrogens with zero attached hydrogens (tertiary/aromatic N) is 1. The minimum atomic E-state index is 0.142. The van der Waals surface area contributed by atoms with Gasteiger partial charge in [-0.15, -0.1) is 0 Å². The molecule has 0 aromatic heterocycles. The quantitative estimate of drug-likeness (QED) is 0.888. The van der Waals surface area contributed by atoms with E-state index in [1.54, 1.807) is 0 Å². The third kappa shape index (κ3) is 2.66. The third-order valence-electron chi connectivity index (χ3n) is 4.37. The monoisotopic (exact) mass is 260 g/mol. The summed E-state index contributed by atoms with van der Waals surface area (Å²) < 4.78 is 0. The summed E-state index contributed by atoms with van der Waals surface area (Å²) >= 11 is 0. The van der Waals surface area contributed by atoms with Crippen LogP contribution < -0.4 is 5.73 Å². The fraction of sp³-hybridized carbons (Fsp3) is 0.562. The van der Waals surface area contributed by atoms with Crippen LogP contribution in [0.1, 0.15) is 47.7 Å². The maximum Gasteiger partial charge on any atom is 0.254 e. The van der Waals surface area contributed by atoms with Crippen molar-refractivity contribution in [1.29, 1.82) is 0 Å². The number of hydrogen-bond donors (Lipinski definition) is 1. The number of hydrogen-bond acceptors (Lipinski definition) is 2. The highest BCUT2D eigenvalue weighted by atomic mass is 16.2. The zero-order valence-corrected chi connectivity index (χ0v) is 12.1. The van der Waals surface area contributed by atoms with Crippen molar-refractivity contribution in [3.63, 3.8) is 0 Å². The summed E-state index contributed by atoms with van der Waals surface area (Å²) in [6.07, 6.45) is 3.27. The van der Waals surface area contributed by atoms with Crippen LogP contribution in [-0.2, 0) is 0 Å². The molecule has 1 aromatic rings. The Morgan fingerprint density at radius 2 is 2.11 bits per heavy atom. The largest absolute Gasteiger partial charge is 0.332 e. The van der Waals surface area contributed by atoms with E-state index in [-0.39, 0.29) is 18.0 Å². The molecule has 0 radical (unpaired) electrons. The number of likely N-dealkylation sites (tertiary alicyclic amines) is 1. The van der Waals surface area contributed by atoms with E-state index in [1.165, 1.54) is 12.0 Å². The molecule has 1 heterocycles. The number of nitrogens with two attached hydrogens (primary N) is 1. The van der Waals surface area contributed by atoms with E-state index in [1.807, 2.05) is 36.9 Å². The lowest BCUT2D eigenvalue weighted by Gasteiger charge is -2.40. The number of piperidine rings is 1. The first-order chi connectivity index (χ1) is 9.06. The predicted octanol–water partition coefficient (Wildman–Crippen LogP) is 2.65. The second kappa shape index (κ2) is 5.74. The summed E-state index contributed by atoms with van der Waals surface area (Å²) in [5.41, 5.74) is 8.92. The van der Waals surface area contributed by atoms with E-state index in [2.05, 4.69) is 6.92 Å². The van der Waals surface area contributed by atoms with Crippen molar-refractivity contribution < 1.29 is 4.79 Å². The molecule has 0 spiro atoms. The molecular formula is C16H24N2O. The Morgan fingerprint density at radius 1 is 1.37 bits per heavy atom. The van der Waals surface area contributed by atoms with Crippen molar-refractivity contribution in [2.45, 2.75) is 52.1 Å². The average molecular weight is 260 g/mol. The molecule has 3 heteroatoms. The third-order valence-corrected chi connectivity index (χ3v) is 4.37. The molecule has 19 heavy (non-hydrogen) atoms. The Balaban J connectivity index is 2.33. The minimum Gasteiger partial charge on any atom is -0.332 e. The first-order valence-corrected chi connectivity index (χ1v) is 7.15. The van der Waals surface area contributed by atoms with Gasteiger partial charge in [0.1, 0.15) is 0 Å². The van der Waals surface area contributed by atoms with Crippen LogP contribution in [0.2, 0.25) is 0 Å². The van der Waals surface area contributed by atoms with Gasteiger partial charge in [0, 0.05) is 24.2 Å². The number of benzene rings is 1. The van der Waals surface area contributed by atoms with E-state index in [4.69, 9.17) is 5.73 Å². The highest BCUT2D eigenvalue weighted by Crippen LogP contribution is 2.26. The lowest BCUT2D eigenvalue weighted by atomic mass is 9.94. The van der Waals surface area contributed by atoms with Crippen molar-refractivity contribution in [2.24, 2.45) is 5.73 Å². The molecule has 2 unspecified atom stereocenters. The molecule has 1 aliphatic heterocycles. The molecule has 2 atom stereocenters. The lowest BCUT2D eigenvalue weighted by molar-refractivity contribution is 0.0493. The second-order valence-corrected chi connectivity index (χ2v) is 5.63. The van der Waals surface area contributed by atoms with E-state index >= 15 is 0 Å². The average Bonchev–Trinajstić information content (AvgIpc) is 2.40. The van der Waals surface area contributed by atoms with Crippen LogP contribution in [0.5, 0.6) is 0 Å².